The minimum absolute atomic E-state index is 0.228. The van der Waals surface area contributed by atoms with Gasteiger partial charge in [0.05, 0.1) is 6.54 Å². The topological polar surface area (TPSA) is 66.5 Å². The van der Waals surface area contributed by atoms with Crippen LogP contribution >= 0.6 is 11.6 Å². The number of urea groups is 1. The number of rotatable bonds is 3. The summed E-state index contributed by atoms with van der Waals surface area (Å²) in [4.78, 5) is 38.6. The predicted octanol–water partition coefficient (Wildman–Crippen LogP) is 3.56. The molecule has 1 aliphatic carbocycles. The molecule has 3 rings (SSSR count). The third-order valence-electron chi connectivity index (χ3n) is 4.92. The number of Topliss-reactive ketones (excluding diaryl/α,β-unsaturated/α-hetero) is 1. The summed E-state index contributed by atoms with van der Waals surface area (Å²) >= 11 is 5.82. The fourth-order valence-corrected chi connectivity index (χ4v) is 3.66. The van der Waals surface area contributed by atoms with Crippen molar-refractivity contribution in [2.24, 2.45) is 0 Å². The Morgan fingerprint density at radius 1 is 1.04 bits per heavy atom. The molecular weight excluding hydrogens is 328 g/mol. The van der Waals surface area contributed by atoms with Gasteiger partial charge in [-0.2, -0.15) is 0 Å². The van der Waals surface area contributed by atoms with Crippen LogP contribution in [0.1, 0.15) is 55.3 Å². The van der Waals surface area contributed by atoms with E-state index in [4.69, 9.17) is 11.6 Å². The zero-order chi connectivity index (χ0) is 17.2. The van der Waals surface area contributed by atoms with Crippen LogP contribution in [0.2, 0.25) is 5.02 Å². The monoisotopic (exact) mass is 348 g/mol. The van der Waals surface area contributed by atoms with E-state index in [0.717, 1.165) is 30.6 Å². The second-order valence-electron chi connectivity index (χ2n) is 6.60. The molecule has 0 aromatic heterocycles. The molecule has 1 N–H and O–H groups in total. The second kappa shape index (κ2) is 6.93. The summed E-state index contributed by atoms with van der Waals surface area (Å²) in [6.07, 6.45) is 6.49. The van der Waals surface area contributed by atoms with Gasteiger partial charge in [-0.15, -0.1) is 0 Å². The molecule has 128 valence electrons. The van der Waals surface area contributed by atoms with E-state index in [1.54, 1.807) is 24.3 Å². The average Bonchev–Trinajstić information content (AvgIpc) is 2.77. The Balaban J connectivity index is 1.74. The fourth-order valence-electron chi connectivity index (χ4n) is 3.54. The molecule has 0 bridgehead atoms. The molecular formula is C18H21ClN2O3. The van der Waals surface area contributed by atoms with E-state index in [1.807, 2.05) is 0 Å². The minimum atomic E-state index is -0.808. The fraction of sp³-hybridized carbons (Fsp3) is 0.500. The molecule has 0 radical (unpaired) electrons. The van der Waals surface area contributed by atoms with Gasteiger partial charge in [0.2, 0.25) is 0 Å². The molecule has 24 heavy (non-hydrogen) atoms. The van der Waals surface area contributed by atoms with E-state index in [-0.39, 0.29) is 18.2 Å². The van der Waals surface area contributed by atoms with Crippen LogP contribution in [0.25, 0.3) is 0 Å². The summed E-state index contributed by atoms with van der Waals surface area (Å²) in [5.41, 5.74) is -0.365. The molecule has 1 heterocycles. The highest BCUT2D eigenvalue weighted by molar-refractivity contribution is 6.30. The van der Waals surface area contributed by atoms with Crippen LogP contribution in [-0.4, -0.2) is 34.7 Å². The first-order chi connectivity index (χ1) is 11.5. The van der Waals surface area contributed by atoms with Crippen LogP contribution in [-0.2, 0) is 4.79 Å². The van der Waals surface area contributed by atoms with Gasteiger partial charge >= 0.3 is 6.03 Å². The van der Waals surface area contributed by atoms with Crippen molar-refractivity contribution in [1.82, 2.24) is 10.2 Å². The molecule has 3 amide bonds. The summed E-state index contributed by atoms with van der Waals surface area (Å²) in [5.74, 6) is -0.519. The van der Waals surface area contributed by atoms with Crippen molar-refractivity contribution >= 4 is 29.3 Å². The molecule has 1 aromatic rings. The van der Waals surface area contributed by atoms with Crippen LogP contribution in [0.15, 0.2) is 24.3 Å². The van der Waals surface area contributed by atoms with Crippen molar-refractivity contribution in [3.8, 4) is 0 Å². The summed E-state index contributed by atoms with van der Waals surface area (Å²) in [6, 6.07) is 6.00. The van der Waals surface area contributed by atoms with Crippen molar-refractivity contribution in [1.29, 1.82) is 0 Å². The maximum Gasteiger partial charge on any atom is 0.325 e. The van der Waals surface area contributed by atoms with Gasteiger partial charge in [-0.05, 0) is 37.1 Å². The predicted molar refractivity (Wildman–Crippen MR) is 91.1 cm³/mol. The smallest absolute Gasteiger partial charge is 0.323 e. The lowest BCUT2D eigenvalue weighted by molar-refractivity contribution is -0.131. The van der Waals surface area contributed by atoms with Crippen LogP contribution < -0.4 is 5.32 Å². The van der Waals surface area contributed by atoms with Gasteiger partial charge < -0.3 is 5.32 Å². The SMILES string of the molecule is O=C(CN1C(=O)NC2(CCCCCCC2)C1=O)c1ccc(Cl)cc1. The Labute approximate surface area is 146 Å². The number of amides is 3. The van der Waals surface area contributed by atoms with Crippen molar-refractivity contribution in [2.75, 3.05) is 6.54 Å². The van der Waals surface area contributed by atoms with Crippen LogP contribution in [0.3, 0.4) is 0 Å². The average molecular weight is 349 g/mol. The number of carbonyl (C=O) groups is 3. The van der Waals surface area contributed by atoms with Gasteiger partial charge in [0.15, 0.2) is 5.78 Å². The lowest BCUT2D eigenvalue weighted by Crippen LogP contribution is -2.47. The van der Waals surface area contributed by atoms with E-state index >= 15 is 0 Å². The number of hydrogen-bond acceptors (Lipinski definition) is 3. The zero-order valence-electron chi connectivity index (χ0n) is 13.5. The Kier molecular flexibility index (Phi) is 4.90. The van der Waals surface area contributed by atoms with Gasteiger partial charge in [-0.3, -0.25) is 14.5 Å². The molecule has 1 aromatic carbocycles. The first-order valence-corrected chi connectivity index (χ1v) is 8.82. The third-order valence-corrected chi connectivity index (χ3v) is 5.17. The molecule has 1 spiro atoms. The number of hydrogen-bond donors (Lipinski definition) is 1. The molecule has 1 saturated heterocycles. The van der Waals surface area contributed by atoms with Gasteiger partial charge in [-0.25, -0.2) is 4.79 Å². The molecule has 0 atom stereocenters. The van der Waals surface area contributed by atoms with Crippen molar-refractivity contribution in [3.63, 3.8) is 0 Å². The molecule has 0 unspecified atom stereocenters. The van der Waals surface area contributed by atoms with Crippen LogP contribution in [0.4, 0.5) is 4.79 Å². The lowest BCUT2D eigenvalue weighted by Gasteiger charge is -2.28. The summed E-state index contributed by atoms with van der Waals surface area (Å²) in [7, 11) is 0. The lowest BCUT2D eigenvalue weighted by atomic mass is 9.84. The Bertz CT molecular complexity index is 649. The highest BCUT2D eigenvalue weighted by atomic mass is 35.5. The van der Waals surface area contributed by atoms with E-state index in [2.05, 4.69) is 5.32 Å². The largest absolute Gasteiger partial charge is 0.325 e. The summed E-state index contributed by atoms with van der Waals surface area (Å²) in [6.45, 7) is -0.228. The van der Waals surface area contributed by atoms with E-state index < -0.39 is 11.6 Å². The van der Waals surface area contributed by atoms with Crippen molar-refractivity contribution < 1.29 is 14.4 Å². The second-order valence-corrected chi connectivity index (χ2v) is 7.04. The molecule has 6 heteroatoms. The van der Waals surface area contributed by atoms with Crippen molar-refractivity contribution in [2.45, 2.75) is 50.5 Å². The van der Waals surface area contributed by atoms with E-state index in [0.29, 0.717) is 23.4 Å². The third kappa shape index (κ3) is 3.31. The number of carbonyl (C=O) groups excluding carboxylic acids is 3. The van der Waals surface area contributed by atoms with E-state index in [1.165, 1.54) is 6.42 Å². The van der Waals surface area contributed by atoms with Gasteiger partial charge in [0.1, 0.15) is 5.54 Å². The number of halogens is 1. The number of nitrogens with zero attached hydrogens (tertiary/aromatic N) is 1. The number of imide groups is 1. The Morgan fingerprint density at radius 3 is 2.25 bits per heavy atom. The van der Waals surface area contributed by atoms with Crippen LogP contribution in [0, 0.1) is 0 Å². The normalized spacial score (nSPS) is 20.6. The summed E-state index contributed by atoms with van der Waals surface area (Å²) < 4.78 is 0. The van der Waals surface area contributed by atoms with Crippen LogP contribution in [0.5, 0.6) is 0 Å². The van der Waals surface area contributed by atoms with Gasteiger partial charge in [-0.1, -0.05) is 43.7 Å². The molecule has 2 fully saturated rings. The molecule has 5 nitrogen and oxygen atoms in total. The first-order valence-electron chi connectivity index (χ1n) is 8.45. The number of ketones is 1. The van der Waals surface area contributed by atoms with Gasteiger partial charge in [0, 0.05) is 10.6 Å². The Morgan fingerprint density at radius 2 is 1.62 bits per heavy atom. The van der Waals surface area contributed by atoms with E-state index in [9.17, 15) is 14.4 Å². The number of nitrogens with one attached hydrogen (secondary N) is 1. The highest BCUT2D eigenvalue weighted by Gasteiger charge is 2.50. The Hall–Kier alpha value is -1.88. The summed E-state index contributed by atoms with van der Waals surface area (Å²) in [5, 5.41) is 3.40. The molecule has 1 saturated carbocycles. The highest BCUT2D eigenvalue weighted by Crippen LogP contribution is 2.32. The standard InChI is InChI=1S/C18H21ClN2O3/c19-14-8-6-13(7-9-14)15(22)12-21-16(23)18(20-17(21)24)10-4-2-1-3-5-11-18/h6-9H,1-5,10-12H2,(H,20,24). The number of benzene rings is 1. The molecule has 2 aliphatic rings. The van der Waals surface area contributed by atoms with Crippen molar-refractivity contribution in [3.05, 3.63) is 34.9 Å². The first kappa shape index (κ1) is 17.0. The molecule has 1 aliphatic heterocycles. The quantitative estimate of drug-likeness (QED) is 0.671. The maximum absolute atomic E-state index is 12.8. The minimum Gasteiger partial charge on any atom is -0.323 e. The maximum atomic E-state index is 12.8. The zero-order valence-corrected chi connectivity index (χ0v) is 14.3. The van der Waals surface area contributed by atoms with Gasteiger partial charge in [0.25, 0.3) is 5.91 Å².